The monoisotopic (exact) mass is 287 g/mol. The van der Waals surface area contributed by atoms with Crippen LogP contribution in [0.1, 0.15) is 22.3 Å². The van der Waals surface area contributed by atoms with Crippen molar-refractivity contribution in [3.05, 3.63) is 29.6 Å². The number of esters is 1. The van der Waals surface area contributed by atoms with Gasteiger partial charge in [-0.1, -0.05) is 11.8 Å². The molecule has 1 unspecified atom stereocenters. The average Bonchev–Trinajstić information content (AvgIpc) is 3.01. The van der Waals surface area contributed by atoms with Gasteiger partial charge in [-0.05, 0) is 12.5 Å². The zero-order valence-corrected chi connectivity index (χ0v) is 11.8. The second-order valence-corrected chi connectivity index (χ2v) is 4.73. The van der Waals surface area contributed by atoms with Crippen LogP contribution in [0.4, 0.5) is 0 Å². The minimum atomic E-state index is -0.272. The molecule has 1 amide bonds. The molecule has 6 heteroatoms. The smallest absolute Gasteiger partial charge is 0.310 e. The Kier molecular flexibility index (Phi) is 4.90. The minimum Gasteiger partial charge on any atom is -0.469 e. The molecule has 1 aliphatic heterocycles. The fourth-order valence-corrected chi connectivity index (χ4v) is 2.26. The molecule has 0 aromatic carbocycles. The van der Waals surface area contributed by atoms with Gasteiger partial charge >= 0.3 is 5.97 Å². The molecule has 6 nitrogen and oxygen atoms in total. The number of amides is 1. The van der Waals surface area contributed by atoms with Gasteiger partial charge in [-0.2, -0.15) is 0 Å². The Balaban J connectivity index is 2.09. The molecule has 21 heavy (non-hydrogen) atoms. The van der Waals surface area contributed by atoms with E-state index in [0.717, 1.165) is 0 Å². The highest BCUT2D eigenvalue weighted by Gasteiger charge is 2.32. The topological polar surface area (TPSA) is 85.5 Å². The first-order chi connectivity index (χ1) is 10.2. The van der Waals surface area contributed by atoms with E-state index in [9.17, 15) is 9.59 Å². The highest BCUT2D eigenvalue weighted by atomic mass is 16.5. The van der Waals surface area contributed by atoms with Crippen LogP contribution in [0.25, 0.3) is 0 Å². The van der Waals surface area contributed by atoms with Gasteiger partial charge in [0.05, 0.1) is 25.1 Å². The van der Waals surface area contributed by atoms with Gasteiger partial charge in [-0.3, -0.25) is 14.6 Å². The second kappa shape index (κ2) is 6.86. The molecular weight excluding hydrogens is 270 g/mol. The number of methoxy groups -OCH3 is 1. The number of pyridine rings is 1. The number of carbonyl (C=O) groups is 2. The van der Waals surface area contributed by atoms with E-state index >= 15 is 0 Å². The maximum atomic E-state index is 12.4. The summed E-state index contributed by atoms with van der Waals surface area (Å²) in [5, 5.41) is 0. The van der Waals surface area contributed by atoms with E-state index in [1.807, 2.05) is 0 Å². The van der Waals surface area contributed by atoms with E-state index in [1.165, 1.54) is 13.3 Å². The van der Waals surface area contributed by atoms with Crippen LogP contribution in [0.2, 0.25) is 0 Å². The minimum absolute atomic E-state index is 0.148. The van der Waals surface area contributed by atoms with Crippen LogP contribution in [-0.2, 0) is 9.53 Å². The first-order valence-corrected chi connectivity index (χ1v) is 6.66. The van der Waals surface area contributed by atoms with Gasteiger partial charge in [0, 0.05) is 31.0 Å². The van der Waals surface area contributed by atoms with Crippen molar-refractivity contribution < 1.29 is 14.3 Å². The van der Waals surface area contributed by atoms with Crippen LogP contribution < -0.4 is 5.73 Å². The van der Waals surface area contributed by atoms with E-state index in [0.29, 0.717) is 30.6 Å². The quantitative estimate of drug-likeness (QED) is 0.612. The molecule has 2 heterocycles. The Bertz CT molecular complexity index is 604. The van der Waals surface area contributed by atoms with Crippen molar-refractivity contribution in [2.75, 3.05) is 26.7 Å². The lowest BCUT2D eigenvalue weighted by molar-refractivity contribution is -0.144. The normalized spacial score (nSPS) is 17.0. The summed E-state index contributed by atoms with van der Waals surface area (Å²) in [5.41, 5.74) is 6.43. The number of ether oxygens (including phenoxy) is 1. The molecular formula is C15H17N3O3. The van der Waals surface area contributed by atoms with Crippen molar-refractivity contribution in [1.82, 2.24) is 9.88 Å². The Hall–Kier alpha value is -2.39. The van der Waals surface area contributed by atoms with Crippen LogP contribution in [0.5, 0.6) is 0 Å². The van der Waals surface area contributed by atoms with Gasteiger partial charge < -0.3 is 15.4 Å². The molecule has 1 fully saturated rings. The molecule has 1 aromatic heterocycles. The third-order valence-corrected chi connectivity index (χ3v) is 3.33. The summed E-state index contributed by atoms with van der Waals surface area (Å²) in [6.07, 6.45) is 3.71. The number of hydrogen-bond donors (Lipinski definition) is 1. The van der Waals surface area contributed by atoms with Crippen molar-refractivity contribution in [3.63, 3.8) is 0 Å². The molecule has 2 rings (SSSR count). The van der Waals surface area contributed by atoms with E-state index < -0.39 is 0 Å². The average molecular weight is 287 g/mol. The van der Waals surface area contributed by atoms with E-state index in [4.69, 9.17) is 10.5 Å². The van der Waals surface area contributed by atoms with Gasteiger partial charge in [0.25, 0.3) is 5.91 Å². The number of hydrogen-bond acceptors (Lipinski definition) is 5. The largest absolute Gasteiger partial charge is 0.469 e. The predicted octanol–water partition coefficient (Wildman–Crippen LogP) is 0.0269. The molecule has 1 aliphatic rings. The lowest BCUT2D eigenvalue weighted by atomic mass is 10.1. The summed E-state index contributed by atoms with van der Waals surface area (Å²) in [6.45, 7) is 1.17. The standard InChI is InChI=1S/C15H17N3O3/c1-21-15(20)12-4-6-18(10-12)14(19)13-7-11(3-2-5-16)8-17-9-13/h7-9,12H,4-6,10,16H2,1H3. The van der Waals surface area contributed by atoms with Crippen molar-refractivity contribution >= 4 is 11.9 Å². The molecule has 1 saturated heterocycles. The van der Waals surface area contributed by atoms with Gasteiger partial charge in [-0.15, -0.1) is 0 Å². The number of rotatable bonds is 2. The molecule has 1 atom stereocenters. The Morgan fingerprint density at radius 1 is 1.52 bits per heavy atom. The van der Waals surface area contributed by atoms with Crippen molar-refractivity contribution in [1.29, 1.82) is 0 Å². The van der Waals surface area contributed by atoms with Crippen molar-refractivity contribution in [2.45, 2.75) is 6.42 Å². The Morgan fingerprint density at radius 2 is 2.33 bits per heavy atom. The fourth-order valence-electron chi connectivity index (χ4n) is 2.26. The summed E-state index contributed by atoms with van der Waals surface area (Å²) < 4.78 is 4.71. The number of aromatic nitrogens is 1. The third kappa shape index (κ3) is 3.58. The summed E-state index contributed by atoms with van der Waals surface area (Å²) in [6, 6.07) is 1.68. The van der Waals surface area contributed by atoms with Crippen molar-refractivity contribution in [2.24, 2.45) is 11.7 Å². The summed E-state index contributed by atoms with van der Waals surface area (Å²) in [4.78, 5) is 29.5. The predicted molar refractivity (Wildman–Crippen MR) is 76.2 cm³/mol. The van der Waals surface area contributed by atoms with E-state index in [-0.39, 0.29) is 24.3 Å². The lowest BCUT2D eigenvalue weighted by Crippen LogP contribution is -2.30. The van der Waals surface area contributed by atoms with Gasteiger partial charge in [0.1, 0.15) is 0 Å². The second-order valence-electron chi connectivity index (χ2n) is 4.73. The summed E-state index contributed by atoms with van der Waals surface area (Å²) in [7, 11) is 1.36. The number of likely N-dealkylation sites (tertiary alicyclic amines) is 1. The zero-order chi connectivity index (χ0) is 15.2. The first kappa shape index (κ1) is 15.0. The Morgan fingerprint density at radius 3 is 3.05 bits per heavy atom. The third-order valence-electron chi connectivity index (χ3n) is 3.33. The molecule has 1 aromatic rings. The molecule has 0 spiro atoms. The maximum absolute atomic E-state index is 12.4. The first-order valence-electron chi connectivity index (χ1n) is 6.66. The van der Waals surface area contributed by atoms with Gasteiger partial charge in [-0.25, -0.2) is 0 Å². The fraction of sp³-hybridized carbons (Fsp3) is 0.400. The molecule has 0 aliphatic carbocycles. The molecule has 0 bridgehead atoms. The number of nitrogens with zero attached hydrogens (tertiary/aromatic N) is 2. The molecule has 110 valence electrons. The SMILES string of the molecule is COC(=O)C1CCN(C(=O)c2cncc(C#CCN)c2)C1. The number of nitrogens with two attached hydrogens (primary N) is 1. The molecule has 0 saturated carbocycles. The van der Waals surface area contributed by atoms with Gasteiger partial charge in [0.2, 0.25) is 0 Å². The zero-order valence-electron chi connectivity index (χ0n) is 11.8. The van der Waals surface area contributed by atoms with Crippen LogP contribution in [0.15, 0.2) is 18.5 Å². The van der Waals surface area contributed by atoms with Crippen molar-refractivity contribution in [3.8, 4) is 11.8 Å². The van der Waals surface area contributed by atoms with E-state index in [1.54, 1.807) is 17.2 Å². The van der Waals surface area contributed by atoms with Crippen LogP contribution >= 0.6 is 0 Å². The van der Waals surface area contributed by atoms with Crippen LogP contribution in [0.3, 0.4) is 0 Å². The highest BCUT2D eigenvalue weighted by Crippen LogP contribution is 2.19. The Labute approximate surface area is 123 Å². The number of carbonyl (C=O) groups excluding carboxylic acids is 2. The molecule has 0 radical (unpaired) electrons. The lowest BCUT2D eigenvalue weighted by Gasteiger charge is -2.15. The van der Waals surface area contributed by atoms with Crippen LogP contribution in [0, 0.1) is 17.8 Å². The van der Waals surface area contributed by atoms with E-state index in [2.05, 4.69) is 16.8 Å². The highest BCUT2D eigenvalue weighted by molar-refractivity contribution is 5.94. The summed E-state index contributed by atoms with van der Waals surface area (Å²) >= 11 is 0. The molecule has 2 N–H and O–H groups in total. The van der Waals surface area contributed by atoms with Gasteiger partial charge in [0.15, 0.2) is 0 Å². The maximum Gasteiger partial charge on any atom is 0.310 e. The van der Waals surface area contributed by atoms with Crippen LogP contribution in [-0.4, -0.2) is 48.5 Å². The summed E-state index contributed by atoms with van der Waals surface area (Å²) in [5.74, 6) is 4.90.